The minimum atomic E-state index is 0.0592. The van der Waals surface area contributed by atoms with Crippen molar-refractivity contribution in [3.63, 3.8) is 0 Å². The van der Waals surface area contributed by atoms with Gasteiger partial charge in [-0.2, -0.15) is 0 Å². The normalized spacial score (nSPS) is 19.3. The molecule has 0 radical (unpaired) electrons. The highest BCUT2D eigenvalue weighted by molar-refractivity contribution is 5.87. The lowest BCUT2D eigenvalue weighted by Crippen LogP contribution is -2.19. The molecular formula is C18H24O. The second kappa shape index (κ2) is 6.57. The predicted octanol–water partition coefficient (Wildman–Crippen LogP) is 4.61. The number of rotatable bonds is 2. The van der Waals surface area contributed by atoms with Crippen molar-refractivity contribution in [2.45, 2.75) is 53.9 Å². The van der Waals surface area contributed by atoms with Crippen LogP contribution in [0.1, 0.15) is 53.9 Å². The van der Waals surface area contributed by atoms with Gasteiger partial charge in [0.25, 0.3) is 0 Å². The highest BCUT2D eigenvalue weighted by Gasteiger charge is 2.27. The number of hydrogen-bond acceptors (Lipinski definition) is 1. The minimum Gasteiger partial charge on any atom is -0.295 e. The Labute approximate surface area is 117 Å². The molecular weight excluding hydrogens is 232 g/mol. The molecule has 0 amide bonds. The summed E-state index contributed by atoms with van der Waals surface area (Å²) in [4.78, 5) is 10.8. The third-order valence-corrected chi connectivity index (χ3v) is 3.52. The summed E-state index contributed by atoms with van der Waals surface area (Å²) >= 11 is 0. The van der Waals surface area contributed by atoms with Crippen molar-refractivity contribution in [3.05, 3.63) is 34.9 Å². The molecule has 0 atom stereocenters. The van der Waals surface area contributed by atoms with Gasteiger partial charge in [0, 0.05) is 5.57 Å². The van der Waals surface area contributed by atoms with E-state index in [1.165, 1.54) is 30.4 Å². The fraction of sp³-hybridized carbons (Fsp3) is 0.500. The van der Waals surface area contributed by atoms with Gasteiger partial charge in [0.05, 0.1) is 0 Å². The number of ketones is 1. The molecule has 102 valence electrons. The van der Waals surface area contributed by atoms with E-state index in [0.717, 1.165) is 5.57 Å². The van der Waals surface area contributed by atoms with Crippen LogP contribution in [0.4, 0.5) is 0 Å². The maximum atomic E-state index is 10.8. The Kier molecular flexibility index (Phi) is 5.36. The lowest BCUT2D eigenvalue weighted by molar-refractivity contribution is -0.112. The monoisotopic (exact) mass is 256 g/mol. The fourth-order valence-corrected chi connectivity index (χ4v) is 2.43. The van der Waals surface area contributed by atoms with Gasteiger partial charge >= 0.3 is 0 Å². The molecule has 0 fully saturated rings. The van der Waals surface area contributed by atoms with E-state index in [0.29, 0.717) is 0 Å². The minimum absolute atomic E-state index is 0.0592. The summed E-state index contributed by atoms with van der Waals surface area (Å²) in [5, 5.41) is 0. The first-order valence-electron chi connectivity index (χ1n) is 6.91. The Morgan fingerprint density at radius 3 is 2.58 bits per heavy atom. The Morgan fingerprint density at radius 2 is 2.00 bits per heavy atom. The third-order valence-electron chi connectivity index (χ3n) is 3.52. The molecule has 0 heterocycles. The number of allylic oxidation sites excluding steroid dienone is 6. The molecule has 0 aromatic rings. The molecule has 0 bridgehead atoms. The summed E-state index contributed by atoms with van der Waals surface area (Å²) in [6, 6.07) is 0. The average Bonchev–Trinajstić information content (AvgIpc) is 2.26. The molecule has 0 saturated carbocycles. The van der Waals surface area contributed by atoms with Crippen LogP contribution in [0, 0.1) is 17.3 Å². The van der Waals surface area contributed by atoms with Gasteiger partial charge in [0.1, 0.15) is 0 Å². The van der Waals surface area contributed by atoms with E-state index >= 15 is 0 Å². The maximum absolute atomic E-state index is 10.8. The van der Waals surface area contributed by atoms with E-state index in [-0.39, 0.29) is 11.2 Å². The molecule has 0 spiro atoms. The van der Waals surface area contributed by atoms with Crippen molar-refractivity contribution in [1.29, 1.82) is 0 Å². The van der Waals surface area contributed by atoms with Gasteiger partial charge in [-0.3, -0.25) is 4.79 Å². The van der Waals surface area contributed by atoms with Crippen LogP contribution in [0.3, 0.4) is 0 Å². The quantitative estimate of drug-likeness (QED) is 0.400. The summed E-state index contributed by atoms with van der Waals surface area (Å²) in [5.74, 6) is 6.60. The first-order chi connectivity index (χ1) is 8.83. The van der Waals surface area contributed by atoms with Crippen molar-refractivity contribution >= 4 is 5.78 Å². The van der Waals surface area contributed by atoms with Crippen LogP contribution >= 0.6 is 0 Å². The highest BCUT2D eigenvalue weighted by atomic mass is 16.1. The molecule has 0 saturated heterocycles. The second-order valence-electron chi connectivity index (χ2n) is 5.96. The van der Waals surface area contributed by atoms with Crippen LogP contribution in [0.25, 0.3) is 0 Å². The fourth-order valence-electron chi connectivity index (χ4n) is 2.43. The molecule has 0 aromatic carbocycles. The first kappa shape index (κ1) is 15.5. The van der Waals surface area contributed by atoms with Crippen molar-refractivity contribution in [2.75, 3.05) is 0 Å². The van der Waals surface area contributed by atoms with Gasteiger partial charge in [-0.05, 0) is 57.1 Å². The van der Waals surface area contributed by atoms with Gasteiger partial charge < -0.3 is 0 Å². The molecule has 0 unspecified atom stereocenters. The zero-order chi connectivity index (χ0) is 14.5. The topological polar surface area (TPSA) is 17.1 Å². The average molecular weight is 256 g/mol. The van der Waals surface area contributed by atoms with Crippen molar-refractivity contribution in [2.24, 2.45) is 5.41 Å². The summed E-state index contributed by atoms with van der Waals surface area (Å²) in [5.41, 5.74) is 3.90. The second-order valence-corrected chi connectivity index (χ2v) is 5.96. The zero-order valence-electron chi connectivity index (χ0n) is 12.8. The Morgan fingerprint density at radius 1 is 1.32 bits per heavy atom. The lowest BCUT2D eigenvalue weighted by atomic mass is 9.73. The standard InChI is InChI=1S/C18H24O/c1-14(8-6-10-16(3)19)11-12-17-15(2)9-7-13-18(17,4)5/h6,8,10H,7,9,13H2,1-5H3/b10-6+,14-8+. The van der Waals surface area contributed by atoms with Crippen molar-refractivity contribution in [3.8, 4) is 11.8 Å². The number of hydrogen-bond donors (Lipinski definition) is 0. The molecule has 1 nitrogen and oxygen atoms in total. The van der Waals surface area contributed by atoms with Crippen molar-refractivity contribution < 1.29 is 4.79 Å². The van der Waals surface area contributed by atoms with E-state index in [4.69, 9.17) is 0 Å². The van der Waals surface area contributed by atoms with Crippen LogP contribution in [0.15, 0.2) is 34.9 Å². The largest absolute Gasteiger partial charge is 0.295 e. The molecule has 0 N–H and O–H groups in total. The van der Waals surface area contributed by atoms with Crippen molar-refractivity contribution in [1.82, 2.24) is 0 Å². The van der Waals surface area contributed by atoms with Gasteiger partial charge in [-0.25, -0.2) is 0 Å². The van der Waals surface area contributed by atoms with E-state index in [2.05, 4.69) is 32.6 Å². The van der Waals surface area contributed by atoms with E-state index in [1.54, 1.807) is 19.1 Å². The third kappa shape index (κ3) is 4.91. The number of carbonyl (C=O) groups excluding carboxylic acids is 1. The number of carbonyl (C=O) groups is 1. The smallest absolute Gasteiger partial charge is 0.152 e. The zero-order valence-corrected chi connectivity index (χ0v) is 12.8. The Hall–Kier alpha value is -1.55. The van der Waals surface area contributed by atoms with E-state index in [1.807, 2.05) is 13.0 Å². The predicted molar refractivity (Wildman–Crippen MR) is 81.7 cm³/mol. The molecule has 0 aliphatic heterocycles. The van der Waals surface area contributed by atoms with Gasteiger partial charge in [-0.15, -0.1) is 0 Å². The lowest BCUT2D eigenvalue weighted by Gasteiger charge is -2.31. The van der Waals surface area contributed by atoms with Gasteiger partial charge in [0.15, 0.2) is 5.78 Å². The summed E-state index contributed by atoms with van der Waals surface area (Å²) in [6.07, 6.45) is 8.85. The molecule has 1 aliphatic carbocycles. The SMILES string of the molecule is CC(=O)/C=C/C=C(\C)C#CC1=C(C)CCCC1(C)C. The molecule has 1 heteroatoms. The Balaban J connectivity index is 2.90. The summed E-state index contributed by atoms with van der Waals surface area (Å²) in [7, 11) is 0. The van der Waals surface area contributed by atoms with Crippen LogP contribution < -0.4 is 0 Å². The van der Waals surface area contributed by atoms with E-state index < -0.39 is 0 Å². The summed E-state index contributed by atoms with van der Waals surface area (Å²) in [6.45, 7) is 10.3. The first-order valence-corrected chi connectivity index (χ1v) is 6.91. The van der Waals surface area contributed by atoms with Gasteiger partial charge in [0.2, 0.25) is 0 Å². The van der Waals surface area contributed by atoms with Crippen LogP contribution in [0.2, 0.25) is 0 Å². The summed E-state index contributed by atoms with van der Waals surface area (Å²) < 4.78 is 0. The highest BCUT2D eigenvalue weighted by Crippen LogP contribution is 2.39. The van der Waals surface area contributed by atoms with E-state index in [9.17, 15) is 4.79 Å². The molecule has 0 aromatic heterocycles. The van der Waals surface area contributed by atoms with Gasteiger partial charge in [-0.1, -0.05) is 43.4 Å². The van der Waals surface area contributed by atoms with Crippen LogP contribution in [-0.4, -0.2) is 5.78 Å². The molecule has 19 heavy (non-hydrogen) atoms. The maximum Gasteiger partial charge on any atom is 0.152 e. The van der Waals surface area contributed by atoms with Crippen LogP contribution in [-0.2, 0) is 4.79 Å². The molecule has 1 aliphatic rings. The van der Waals surface area contributed by atoms with Crippen LogP contribution in [0.5, 0.6) is 0 Å². The molecule has 1 rings (SSSR count). The Bertz CT molecular complexity index is 502.